The van der Waals surface area contributed by atoms with Crippen LogP contribution in [0.1, 0.15) is 46.6 Å². The molecule has 2 aliphatic heterocycles. The second-order valence-electron chi connectivity index (χ2n) is 8.79. The van der Waals surface area contributed by atoms with Crippen molar-refractivity contribution in [2.75, 3.05) is 14.2 Å². The van der Waals surface area contributed by atoms with Crippen molar-refractivity contribution < 1.29 is 42.9 Å². The fourth-order valence-corrected chi connectivity index (χ4v) is 5.72. The summed E-state index contributed by atoms with van der Waals surface area (Å²) in [6.45, 7) is 0. The molecular weight excluding hydrogens is 498 g/mol. The monoisotopic (exact) mass is 521 g/mol. The molecule has 0 N–H and O–H groups in total. The quantitative estimate of drug-likeness (QED) is 0.326. The van der Waals surface area contributed by atoms with E-state index >= 15 is 0 Å². The van der Waals surface area contributed by atoms with Crippen LogP contribution < -0.4 is 32.7 Å². The Morgan fingerprint density at radius 3 is 1.86 bits per heavy atom. The molecule has 2 bridgehead atoms. The zero-order valence-electron chi connectivity index (χ0n) is 20.1. The van der Waals surface area contributed by atoms with E-state index in [0.717, 1.165) is 17.8 Å². The first-order valence-corrected chi connectivity index (χ1v) is 12.7. The molecule has 7 rings (SSSR count). The molecule has 0 amide bonds. The third-order valence-electron chi connectivity index (χ3n) is 7.01. The molecule has 2 unspecified atom stereocenters. The van der Waals surface area contributed by atoms with Crippen molar-refractivity contribution in [2.24, 2.45) is 0 Å². The second-order valence-corrected chi connectivity index (χ2v) is 9.55. The summed E-state index contributed by atoms with van der Waals surface area (Å²) in [5.41, 5.74) is 5.47. The van der Waals surface area contributed by atoms with Gasteiger partial charge in [0.05, 0.1) is 36.9 Å². The Balaban J connectivity index is 0.000000514. The molecule has 0 saturated heterocycles. The van der Waals surface area contributed by atoms with Gasteiger partial charge in [-0.3, -0.25) is 0 Å². The minimum atomic E-state index is -4.94. The molecule has 3 aliphatic rings. The van der Waals surface area contributed by atoms with Gasteiger partial charge in [0, 0.05) is 36.2 Å². The first-order chi connectivity index (χ1) is 17.8. The van der Waals surface area contributed by atoms with Crippen molar-refractivity contribution in [3.8, 4) is 11.8 Å². The lowest BCUT2D eigenvalue weighted by molar-refractivity contribution is -2.00. The van der Waals surface area contributed by atoms with Crippen molar-refractivity contribution >= 4 is 0 Å². The molecule has 4 aromatic rings. The van der Waals surface area contributed by atoms with Gasteiger partial charge in [-0.05, 0) is 17.7 Å². The molecule has 10 heteroatoms. The first kappa shape index (κ1) is 25.1. The molecule has 1 aliphatic carbocycles. The molecule has 9 nitrogen and oxygen atoms in total. The van der Waals surface area contributed by atoms with E-state index in [9.17, 15) is 0 Å². The van der Waals surface area contributed by atoms with Gasteiger partial charge in [-0.2, -0.15) is 4.57 Å². The van der Waals surface area contributed by atoms with E-state index in [0.29, 0.717) is 11.8 Å². The van der Waals surface area contributed by atoms with E-state index in [-0.39, 0.29) is 12.0 Å². The Labute approximate surface area is 216 Å². The summed E-state index contributed by atoms with van der Waals surface area (Å²) in [5.74, 6) is 1.28. The summed E-state index contributed by atoms with van der Waals surface area (Å²) in [5, 5.41) is 0. The number of aromatic nitrogens is 3. The highest BCUT2D eigenvalue weighted by molar-refractivity contribution is 5.52. The fourth-order valence-electron chi connectivity index (χ4n) is 5.72. The number of hydrogen-bond acceptors (Lipinski definition) is 8. The van der Waals surface area contributed by atoms with Gasteiger partial charge >= 0.3 is 0 Å². The number of fused-ring (bicyclic) bond motifs is 1. The number of ether oxygens (including phenoxy) is 2. The summed E-state index contributed by atoms with van der Waals surface area (Å²) in [4.78, 5) is 9.94. The SMILES string of the molecule is COc1cccc(C2(c3cccc(OC)n3)CC3c4ccccc4C2c2cccc[n+]23)n1.[O-][Cl+3]([O-])([O-])[O-]. The highest BCUT2D eigenvalue weighted by Crippen LogP contribution is 2.58. The average Bonchev–Trinajstić information content (AvgIpc) is 2.92. The molecule has 3 aromatic heterocycles. The van der Waals surface area contributed by atoms with Gasteiger partial charge in [0.15, 0.2) is 17.9 Å². The van der Waals surface area contributed by atoms with E-state index in [1.165, 1.54) is 16.8 Å². The maximum Gasteiger partial charge on any atom is 0.213 e. The zero-order chi connectivity index (χ0) is 26.2. The molecule has 5 heterocycles. The predicted octanol–water partition coefficient (Wildman–Crippen LogP) is -0.550. The first-order valence-electron chi connectivity index (χ1n) is 11.5. The number of pyridine rings is 3. The van der Waals surface area contributed by atoms with Crippen LogP contribution in [0.4, 0.5) is 0 Å². The summed E-state index contributed by atoms with van der Waals surface area (Å²) in [7, 11) is -1.62. The van der Waals surface area contributed by atoms with Crippen LogP contribution in [0.15, 0.2) is 85.1 Å². The third kappa shape index (κ3) is 4.52. The predicted molar refractivity (Wildman–Crippen MR) is 120 cm³/mol. The number of hydrogen-bond donors (Lipinski definition) is 0. The molecule has 0 radical (unpaired) electrons. The molecule has 0 spiro atoms. The van der Waals surface area contributed by atoms with Crippen LogP contribution in [0.25, 0.3) is 0 Å². The zero-order valence-corrected chi connectivity index (χ0v) is 20.9. The number of rotatable bonds is 4. The minimum Gasteiger partial charge on any atom is -0.481 e. The fraction of sp³-hybridized carbons (Fsp3) is 0.222. The summed E-state index contributed by atoms with van der Waals surface area (Å²) in [6.07, 6.45) is 3.06. The van der Waals surface area contributed by atoms with Gasteiger partial charge in [0.2, 0.25) is 11.8 Å². The standard InChI is InChI=1S/C27H24N3O2.ClHO4/c1-31-24-14-7-12-22(28-24)27(23-13-8-15-25(29-23)32-2)17-21-18-9-3-4-10-19(18)26(27)20-11-5-6-16-30(20)21;2-1(3,4)5/h3-16,21,26H,17H2,1-2H3;(H,2,3,4,5)/q+1;/p-1. The van der Waals surface area contributed by atoms with Crippen molar-refractivity contribution in [1.82, 2.24) is 9.97 Å². The normalized spacial score (nSPS) is 18.6. The lowest BCUT2D eigenvalue weighted by atomic mass is 9.55. The number of halogens is 1. The Morgan fingerprint density at radius 2 is 1.30 bits per heavy atom. The highest BCUT2D eigenvalue weighted by Gasteiger charge is 2.60. The largest absolute Gasteiger partial charge is 0.481 e. The Bertz CT molecular complexity index is 1330. The Hall–Kier alpha value is -3.60. The highest BCUT2D eigenvalue weighted by atomic mass is 35.7. The van der Waals surface area contributed by atoms with E-state index in [2.05, 4.69) is 65.4 Å². The van der Waals surface area contributed by atoms with Crippen LogP contribution >= 0.6 is 0 Å². The summed E-state index contributed by atoms with van der Waals surface area (Å²) < 4.78 is 47.5. The van der Waals surface area contributed by atoms with E-state index in [1.54, 1.807) is 14.2 Å². The second kappa shape index (κ2) is 9.70. The van der Waals surface area contributed by atoms with Gasteiger partial charge < -0.3 is 9.47 Å². The number of benzene rings is 1. The Kier molecular flexibility index (Phi) is 6.57. The molecule has 2 atom stereocenters. The summed E-state index contributed by atoms with van der Waals surface area (Å²) >= 11 is 0. The number of methoxy groups -OCH3 is 2. The van der Waals surface area contributed by atoms with E-state index < -0.39 is 15.7 Å². The van der Waals surface area contributed by atoms with Crippen LogP contribution in [0, 0.1) is 10.2 Å². The van der Waals surface area contributed by atoms with Crippen molar-refractivity contribution in [3.63, 3.8) is 0 Å². The van der Waals surface area contributed by atoms with Crippen molar-refractivity contribution in [2.45, 2.75) is 23.8 Å². The average molecular weight is 522 g/mol. The van der Waals surface area contributed by atoms with Gasteiger partial charge in [-0.15, -0.1) is 10.2 Å². The molecular formula is C27H24ClN3O6. The molecule has 37 heavy (non-hydrogen) atoms. The minimum absolute atomic E-state index is 0.0594. The van der Waals surface area contributed by atoms with Crippen LogP contribution in [0.3, 0.4) is 0 Å². The maximum atomic E-state index is 8.49. The lowest BCUT2D eigenvalue weighted by Gasteiger charge is -2.48. The van der Waals surface area contributed by atoms with Crippen LogP contribution in [-0.2, 0) is 5.41 Å². The van der Waals surface area contributed by atoms with Crippen LogP contribution in [0.5, 0.6) is 11.8 Å². The molecule has 0 fully saturated rings. The van der Waals surface area contributed by atoms with E-state index in [4.69, 9.17) is 38.1 Å². The smallest absolute Gasteiger partial charge is 0.213 e. The Morgan fingerprint density at radius 1 is 0.757 bits per heavy atom. The van der Waals surface area contributed by atoms with Gasteiger partial charge in [-0.1, -0.05) is 42.5 Å². The van der Waals surface area contributed by atoms with Crippen LogP contribution in [0.2, 0.25) is 0 Å². The van der Waals surface area contributed by atoms with Crippen molar-refractivity contribution in [3.05, 3.63) is 113 Å². The van der Waals surface area contributed by atoms with Gasteiger partial charge in [0.25, 0.3) is 0 Å². The molecule has 0 saturated carbocycles. The van der Waals surface area contributed by atoms with Crippen molar-refractivity contribution in [1.29, 1.82) is 0 Å². The van der Waals surface area contributed by atoms with E-state index in [1.807, 2.05) is 24.3 Å². The molecule has 1 aromatic carbocycles. The van der Waals surface area contributed by atoms with Gasteiger partial charge in [-0.25, -0.2) is 28.6 Å². The third-order valence-corrected chi connectivity index (χ3v) is 7.01. The maximum absolute atomic E-state index is 8.49. The molecule has 190 valence electrons. The topological polar surface area (TPSA) is 140 Å². The van der Waals surface area contributed by atoms with Crippen LogP contribution in [-0.4, -0.2) is 24.2 Å². The summed E-state index contributed by atoms with van der Waals surface area (Å²) in [6, 6.07) is 27.5. The number of nitrogens with zero attached hydrogens (tertiary/aromatic N) is 3. The van der Waals surface area contributed by atoms with Gasteiger partial charge in [0.1, 0.15) is 0 Å². The lowest BCUT2D eigenvalue weighted by Crippen LogP contribution is -2.68.